The minimum atomic E-state index is -0.0721. The minimum Gasteiger partial charge on any atom is -0.295 e. The van der Waals surface area contributed by atoms with Crippen molar-refractivity contribution in [3.63, 3.8) is 0 Å². The maximum atomic E-state index is 10.7. The van der Waals surface area contributed by atoms with Gasteiger partial charge in [0.25, 0.3) is 0 Å². The van der Waals surface area contributed by atoms with E-state index in [4.69, 9.17) is 34.8 Å². The average Bonchev–Trinajstić information content (AvgIpc) is 2.11. The van der Waals surface area contributed by atoms with Gasteiger partial charge in [-0.1, -0.05) is 34.8 Å². The molecule has 4 heteroatoms. The van der Waals surface area contributed by atoms with Crippen molar-refractivity contribution >= 4 is 46.7 Å². The highest BCUT2D eigenvalue weighted by molar-refractivity contribution is 6.44. The molecule has 0 aromatic heterocycles. The number of halogens is 3. The maximum absolute atomic E-state index is 10.7. The van der Waals surface area contributed by atoms with E-state index in [0.717, 1.165) is 0 Å². The fourth-order valence-electron chi connectivity index (χ4n) is 0.896. The lowest BCUT2D eigenvalue weighted by Crippen LogP contribution is -1.83. The van der Waals surface area contributed by atoms with Crippen LogP contribution in [0.2, 0.25) is 15.1 Å². The molecule has 1 nitrogen and oxygen atoms in total. The van der Waals surface area contributed by atoms with E-state index in [9.17, 15) is 4.79 Å². The largest absolute Gasteiger partial charge is 0.295 e. The van der Waals surface area contributed by atoms with Crippen LogP contribution >= 0.6 is 34.8 Å². The summed E-state index contributed by atoms with van der Waals surface area (Å²) in [4.78, 5) is 10.7. The fourth-order valence-corrected chi connectivity index (χ4v) is 1.56. The molecule has 0 aliphatic heterocycles. The zero-order chi connectivity index (χ0) is 10.7. The topological polar surface area (TPSA) is 17.1 Å². The van der Waals surface area contributed by atoms with Crippen molar-refractivity contribution in [1.29, 1.82) is 0 Å². The number of carbonyl (C=O) groups is 1. The van der Waals surface area contributed by atoms with Gasteiger partial charge >= 0.3 is 0 Å². The molecule has 0 aliphatic carbocycles. The number of carbonyl (C=O) groups excluding carboxylic acids is 1. The predicted octanol–water partition coefficient (Wildman–Crippen LogP) is 4.25. The highest BCUT2D eigenvalue weighted by Crippen LogP contribution is 2.32. The Hall–Kier alpha value is -0.500. The van der Waals surface area contributed by atoms with Gasteiger partial charge in [0, 0.05) is 10.6 Å². The summed E-state index contributed by atoms with van der Waals surface area (Å²) in [6, 6.07) is 3.24. The second-order valence-electron chi connectivity index (χ2n) is 2.70. The van der Waals surface area contributed by atoms with Crippen LogP contribution in [0, 0.1) is 0 Å². The molecule has 14 heavy (non-hydrogen) atoms. The lowest BCUT2D eigenvalue weighted by molar-refractivity contribution is -0.112. The number of ketones is 1. The van der Waals surface area contributed by atoms with E-state index >= 15 is 0 Å². The van der Waals surface area contributed by atoms with E-state index in [2.05, 4.69) is 0 Å². The SMILES string of the molecule is CC(=O)/C=C/c1c(Cl)ccc(Cl)c1Cl. The zero-order valence-electron chi connectivity index (χ0n) is 7.35. The first kappa shape index (κ1) is 11.6. The molecule has 0 spiro atoms. The molecule has 1 rings (SSSR count). The van der Waals surface area contributed by atoms with Crippen LogP contribution in [-0.2, 0) is 4.79 Å². The smallest absolute Gasteiger partial charge is 0.152 e. The van der Waals surface area contributed by atoms with E-state index < -0.39 is 0 Å². The van der Waals surface area contributed by atoms with Gasteiger partial charge in [-0.25, -0.2) is 0 Å². The van der Waals surface area contributed by atoms with Crippen LogP contribution in [0.3, 0.4) is 0 Å². The maximum Gasteiger partial charge on any atom is 0.152 e. The lowest BCUT2D eigenvalue weighted by Gasteiger charge is -2.02. The molecule has 0 saturated heterocycles. The van der Waals surface area contributed by atoms with Crippen molar-refractivity contribution in [2.24, 2.45) is 0 Å². The monoisotopic (exact) mass is 248 g/mol. The zero-order valence-corrected chi connectivity index (χ0v) is 9.62. The Bertz CT molecular complexity index is 397. The highest BCUT2D eigenvalue weighted by atomic mass is 35.5. The third kappa shape index (κ3) is 2.74. The Labute approximate surface area is 97.3 Å². The molecule has 0 saturated carbocycles. The molecule has 0 N–H and O–H groups in total. The normalized spacial score (nSPS) is 10.9. The molecule has 1 aromatic carbocycles. The second kappa shape index (κ2) is 4.83. The lowest BCUT2D eigenvalue weighted by atomic mass is 10.2. The molecule has 0 fully saturated rings. The van der Waals surface area contributed by atoms with E-state index in [1.165, 1.54) is 13.0 Å². The summed E-state index contributed by atoms with van der Waals surface area (Å²) in [5.41, 5.74) is 0.566. The molecule has 0 atom stereocenters. The molecular formula is C10H7Cl3O. The van der Waals surface area contributed by atoms with Gasteiger partial charge < -0.3 is 0 Å². The predicted molar refractivity (Wildman–Crippen MR) is 61.2 cm³/mol. The third-order valence-corrected chi connectivity index (χ3v) is 2.71. The molecule has 74 valence electrons. The van der Waals surface area contributed by atoms with E-state index in [1.807, 2.05) is 0 Å². The summed E-state index contributed by atoms with van der Waals surface area (Å²) >= 11 is 17.6. The van der Waals surface area contributed by atoms with Crippen LogP contribution < -0.4 is 0 Å². The Morgan fingerprint density at radius 1 is 1.21 bits per heavy atom. The van der Waals surface area contributed by atoms with Crippen molar-refractivity contribution in [2.45, 2.75) is 6.92 Å². The molecule has 1 aromatic rings. The van der Waals surface area contributed by atoms with Crippen molar-refractivity contribution in [3.8, 4) is 0 Å². The second-order valence-corrected chi connectivity index (χ2v) is 3.89. The highest BCUT2D eigenvalue weighted by Gasteiger charge is 2.06. The van der Waals surface area contributed by atoms with Crippen molar-refractivity contribution < 1.29 is 4.79 Å². The molecule has 0 bridgehead atoms. The van der Waals surface area contributed by atoms with Crippen molar-refractivity contribution in [1.82, 2.24) is 0 Å². The molecule has 0 unspecified atom stereocenters. The first-order chi connectivity index (χ1) is 6.52. The minimum absolute atomic E-state index is 0.0721. The van der Waals surface area contributed by atoms with E-state index in [1.54, 1.807) is 18.2 Å². The standard InChI is InChI=1S/C10H7Cl3O/c1-6(14)2-3-7-8(11)4-5-9(12)10(7)13/h2-5H,1H3/b3-2+. The number of benzene rings is 1. The van der Waals surface area contributed by atoms with Gasteiger partial charge in [0.15, 0.2) is 5.78 Å². The summed E-state index contributed by atoms with van der Waals surface area (Å²) in [5.74, 6) is -0.0721. The molecule has 0 radical (unpaired) electrons. The summed E-state index contributed by atoms with van der Waals surface area (Å²) in [7, 11) is 0. The van der Waals surface area contributed by atoms with Crippen molar-refractivity contribution in [2.75, 3.05) is 0 Å². The third-order valence-electron chi connectivity index (χ3n) is 1.56. The number of rotatable bonds is 2. The van der Waals surface area contributed by atoms with Gasteiger partial charge in [-0.3, -0.25) is 4.79 Å². The Morgan fingerprint density at radius 3 is 2.36 bits per heavy atom. The molecule has 0 aliphatic rings. The van der Waals surface area contributed by atoms with Gasteiger partial charge in [-0.2, -0.15) is 0 Å². The van der Waals surface area contributed by atoms with Crippen molar-refractivity contribution in [3.05, 3.63) is 38.8 Å². The van der Waals surface area contributed by atoms with Crippen LogP contribution in [-0.4, -0.2) is 5.78 Å². The van der Waals surface area contributed by atoms with Crippen LogP contribution in [0.5, 0.6) is 0 Å². The Morgan fingerprint density at radius 2 is 1.79 bits per heavy atom. The van der Waals surface area contributed by atoms with E-state index in [0.29, 0.717) is 20.6 Å². The summed E-state index contributed by atoms with van der Waals surface area (Å²) < 4.78 is 0. The fraction of sp³-hybridized carbons (Fsp3) is 0.100. The van der Waals surface area contributed by atoms with Gasteiger partial charge in [0.1, 0.15) is 0 Å². The summed E-state index contributed by atoms with van der Waals surface area (Å²) in [6.45, 7) is 1.45. The van der Waals surface area contributed by atoms with Crippen LogP contribution in [0.1, 0.15) is 12.5 Å². The van der Waals surface area contributed by atoms with Gasteiger partial charge in [0.2, 0.25) is 0 Å². The summed E-state index contributed by atoms with van der Waals surface area (Å²) in [6.07, 6.45) is 2.95. The number of allylic oxidation sites excluding steroid dienone is 1. The summed E-state index contributed by atoms with van der Waals surface area (Å²) in [5, 5.41) is 1.24. The van der Waals surface area contributed by atoms with Crippen LogP contribution in [0.4, 0.5) is 0 Å². The van der Waals surface area contributed by atoms with Gasteiger partial charge in [0.05, 0.1) is 10.0 Å². The molecule has 0 amide bonds. The first-order valence-corrected chi connectivity index (χ1v) is 4.98. The number of hydrogen-bond donors (Lipinski definition) is 0. The van der Waals surface area contributed by atoms with Gasteiger partial charge in [-0.05, 0) is 31.2 Å². The van der Waals surface area contributed by atoms with E-state index in [-0.39, 0.29) is 5.78 Å². The Balaban J connectivity index is 3.19. The number of hydrogen-bond acceptors (Lipinski definition) is 1. The van der Waals surface area contributed by atoms with Gasteiger partial charge in [-0.15, -0.1) is 0 Å². The van der Waals surface area contributed by atoms with Crippen LogP contribution in [0.25, 0.3) is 6.08 Å². The quantitative estimate of drug-likeness (QED) is 0.566. The van der Waals surface area contributed by atoms with Crippen LogP contribution in [0.15, 0.2) is 18.2 Å². The molecular weight excluding hydrogens is 242 g/mol. The molecule has 0 heterocycles. The Kier molecular flexibility index (Phi) is 3.99. The first-order valence-electron chi connectivity index (χ1n) is 3.84. The average molecular weight is 250 g/mol.